The third-order valence-electron chi connectivity index (χ3n) is 3.97. The van der Waals surface area contributed by atoms with Crippen molar-refractivity contribution in [1.82, 2.24) is 0 Å². The summed E-state index contributed by atoms with van der Waals surface area (Å²) in [6.45, 7) is 0. The molecule has 2 aromatic rings. The van der Waals surface area contributed by atoms with Crippen molar-refractivity contribution in [1.29, 1.82) is 0 Å². The molecule has 0 aromatic heterocycles. The zero-order valence-electron chi connectivity index (χ0n) is 14.7. The molecule has 0 aliphatic heterocycles. The Hall–Kier alpha value is -0.556. The van der Waals surface area contributed by atoms with Crippen LogP contribution in [0.3, 0.4) is 0 Å². The van der Waals surface area contributed by atoms with E-state index < -0.39 is 0 Å². The van der Waals surface area contributed by atoms with Gasteiger partial charge in [-0.1, -0.05) is 60.7 Å². The van der Waals surface area contributed by atoms with Crippen LogP contribution < -0.4 is 12.4 Å². The molecule has 2 heteroatoms. The molecule has 0 heterocycles. The zero-order chi connectivity index (χ0) is 16.5. The molecule has 10 radical (unpaired) electrons. The molecule has 126 valence electrons. The minimum Gasteiger partial charge on any atom is -1.00 e. The van der Waals surface area contributed by atoms with Crippen LogP contribution in [-0.2, 0) is 34.6 Å². The van der Waals surface area contributed by atoms with E-state index in [1.54, 1.807) is 0 Å². The first kappa shape index (κ1) is 23.5. The van der Waals surface area contributed by atoms with Crippen molar-refractivity contribution in [2.75, 3.05) is 0 Å². The van der Waals surface area contributed by atoms with E-state index in [9.17, 15) is 0 Å². The van der Waals surface area contributed by atoms with Crippen molar-refractivity contribution in [2.45, 2.75) is 12.8 Å². The van der Waals surface area contributed by atoms with Crippen LogP contribution in [0.1, 0.15) is 11.1 Å². The number of hydrogen-bond acceptors (Lipinski definition) is 0. The minimum atomic E-state index is 0. The standard InChI is InChI=1S/2C12H11.ClH.Ti/c2*1-2-6-11(7-3-1)10-12-8-4-5-9-12;;/h2*1-9H,10H2;1H;/q;;;+4/p-1. The van der Waals surface area contributed by atoms with Crippen LogP contribution in [0.25, 0.3) is 0 Å². The van der Waals surface area contributed by atoms with Gasteiger partial charge < -0.3 is 12.4 Å². The van der Waals surface area contributed by atoms with Gasteiger partial charge in [-0.05, 0) is 87.2 Å². The van der Waals surface area contributed by atoms with Gasteiger partial charge in [-0.15, -0.1) is 0 Å². The molecular weight excluding hydrogens is 372 g/mol. The Labute approximate surface area is 181 Å². The van der Waals surface area contributed by atoms with Crippen LogP contribution in [-0.4, -0.2) is 0 Å². The summed E-state index contributed by atoms with van der Waals surface area (Å²) in [6.07, 6.45) is 19.1. The molecule has 0 saturated heterocycles. The first-order valence-corrected chi connectivity index (χ1v) is 8.39. The number of hydrogen-bond donors (Lipinski definition) is 0. The van der Waals surface area contributed by atoms with Crippen molar-refractivity contribution in [2.24, 2.45) is 0 Å². The summed E-state index contributed by atoms with van der Waals surface area (Å²) in [4.78, 5) is 0. The van der Waals surface area contributed by atoms with Crippen LogP contribution in [0.4, 0.5) is 0 Å². The normalized spacial score (nSPS) is 16.9. The minimum absolute atomic E-state index is 0. The first-order chi connectivity index (χ1) is 11.9. The van der Waals surface area contributed by atoms with Gasteiger partial charge in [0, 0.05) is 0 Å². The molecule has 0 unspecified atom stereocenters. The predicted octanol–water partition coefficient (Wildman–Crippen LogP) is 2.27. The van der Waals surface area contributed by atoms with Gasteiger partial charge in [-0.2, -0.15) is 0 Å². The molecule has 2 aliphatic rings. The second-order valence-electron chi connectivity index (χ2n) is 5.91. The average Bonchev–Trinajstić information content (AvgIpc) is 3.32. The molecule has 0 amide bonds. The zero-order valence-corrected chi connectivity index (χ0v) is 17.0. The fourth-order valence-corrected chi connectivity index (χ4v) is 2.73. The molecule has 2 aliphatic carbocycles. The molecule has 2 fully saturated rings. The van der Waals surface area contributed by atoms with Gasteiger partial charge in [0.25, 0.3) is 0 Å². The van der Waals surface area contributed by atoms with E-state index >= 15 is 0 Å². The van der Waals surface area contributed by atoms with E-state index in [0.29, 0.717) is 0 Å². The van der Waals surface area contributed by atoms with Crippen molar-refractivity contribution in [3.05, 3.63) is 135 Å². The summed E-state index contributed by atoms with van der Waals surface area (Å²) in [5.74, 6) is 2.78. The fraction of sp³-hybridized carbons (Fsp3) is 0.0833. The Morgan fingerprint density at radius 3 is 1.08 bits per heavy atom. The van der Waals surface area contributed by atoms with Gasteiger partial charge in [0.2, 0.25) is 0 Å². The second-order valence-corrected chi connectivity index (χ2v) is 5.91. The summed E-state index contributed by atoms with van der Waals surface area (Å²) in [5, 5.41) is 0. The van der Waals surface area contributed by atoms with Crippen LogP contribution in [0.5, 0.6) is 0 Å². The van der Waals surface area contributed by atoms with Crippen molar-refractivity contribution in [3.63, 3.8) is 0 Å². The van der Waals surface area contributed by atoms with E-state index in [1.165, 1.54) is 23.0 Å². The average molecular weight is 394 g/mol. The number of rotatable bonds is 4. The maximum atomic E-state index is 2.16. The molecular formula is C24H22ClTi+3. The molecule has 2 saturated carbocycles. The molecule has 26 heavy (non-hydrogen) atoms. The molecule has 0 spiro atoms. The SMILES string of the molecule is [CH]1[CH][CH][C](Cc2ccccc2)[CH]1.[CH]1[CH][CH][C](Cc2ccccc2)[CH]1.[Cl-].[Ti+4]. The maximum absolute atomic E-state index is 2.16. The summed E-state index contributed by atoms with van der Waals surface area (Å²) >= 11 is 0. The van der Waals surface area contributed by atoms with E-state index in [2.05, 4.69) is 112 Å². The van der Waals surface area contributed by atoms with Gasteiger partial charge >= 0.3 is 21.7 Å². The van der Waals surface area contributed by atoms with Crippen LogP contribution in [0.15, 0.2) is 60.7 Å². The summed E-state index contributed by atoms with van der Waals surface area (Å²) in [5.41, 5.74) is 2.76. The van der Waals surface area contributed by atoms with Crippen LogP contribution in [0, 0.1) is 63.2 Å². The van der Waals surface area contributed by atoms with Gasteiger partial charge in [-0.25, -0.2) is 0 Å². The Bertz CT molecular complexity index is 504. The Balaban J connectivity index is 0.000000241. The fourth-order valence-electron chi connectivity index (χ4n) is 2.73. The molecule has 2 aromatic carbocycles. The summed E-state index contributed by atoms with van der Waals surface area (Å²) in [6, 6.07) is 21.1. The van der Waals surface area contributed by atoms with Crippen molar-refractivity contribution >= 4 is 0 Å². The maximum Gasteiger partial charge on any atom is 4.00 e. The Morgan fingerprint density at radius 2 is 0.769 bits per heavy atom. The second kappa shape index (κ2) is 13.6. The summed E-state index contributed by atoms with van der Waals surface area (Å²) < 4.78 is 0. The van der Waals surface area contributed by atoms with Gasteiger partial charge in [0.05, 0.1) is 0 Å². The Morgan fingerprint density at radius 1 is 0.462 bits per heavy atom. The first-order valence-electron chi connectivity index (χ1n) is 8.39. The van der Waals surface area contributed by atoms with E-state index in [-0.39, 0.29) is 34.1 Å². The van der Waals surface area contributed by atoms with Crippen molar-refractivity contribution in [3.8, 4) is 0 Å². The molecule has 0 N–H and O–H groups in total. The third kappa shape index (κ3) is 8.42. The van der Waals surface area contributed by atoms with Crippen molar-refractivity contribution < 1.29 is 34.1 Å². The van der Waals surface area contributed by atoms with E-state index in [0.717, 1.165) is 12.8 Å². The largest absolute Gasteiger partial charge is 4.00 e. The van der Waals surface area contributed by atoms with Gasteiger partial charge in [-0.3, -0.25) is 0 Å². The van der Waals surface area contributed by atoms with Crippen LogP contribution in [0.2, 0.25) is 0 Å². The van der Waals surface area contributed by atoms with Gasteiger partial charge in [0.1, 0.15) is 0 Å². The molecule has 0 nitrogen and oxygen atoms in total. The monoisotopic (exact) mass is 393 g/mol. The number of benzene rings is 2. The van der Waals surface area contributed by atoms with E-state index in [1.807, 2.05) is 0 Å². The number of halogens is 1. The smallest absolute Gasteiger partial charge is 1.00 e. The molecule has 0 bridgehead atoms. The third-order valence-corrected chi connectivity index (χ3v) is 3.97. The quantitative estimate of drug-likeness (QED) is 0.699. The predicted molar refractivity (Wildman–Crippen MR) is 101 cm³/mol. The molecule has 0 atom stereocenters. The van der Waals surface area contributed by atoms with Gasteiger partial charge in [0.15, 0.2) is 0 Å². The topological polar surface area (TPSA) is 0 Å². The summed E-state index contributed by atoms with van der Waals surface area (Å²) in [7, 11) is 0. The Kier molecular flexibility index (Phi) is 12.3. The molecule has 4 rings (SSSR count). The van der Waals surface area contributed by atoms with E-state index in [4.69, 9.17) is 0 Å². The van der Waals surface area contributed by atoms with Crippen LogP contribution >= 0.6 is 0 Å².